The van der Waals surface area contributed by atoms with Gasteiger partial charge in [0.2, 0.25) is 0 Å². The van der Waals surface area contributed by atoms with Gasteiger partial charge in [-0.2, -0.15) is 0 Å². The Morgan fingerprint density at radius 2 is 1.86 bits per heavy atom. The summed E-state index contributed by atoms with van der Waals surface area (Å²) < 4.78 is 23.3. The second kappa shape index (κ2) is 9.20. The number of hydrogen-bond acceptors (Lipinski definition) is 4. The zero-order valence-electron chi connectivity index (χ0n) is 13.2. The van der Waals surface area contributed by atoms with Gasteiger partial charge < -0.3 is 19.5 Å². The van der Waals surface area contributed by atoms with Gasteiger partial charge >= 0.3 is 0 Å². The van der Waals surface area contributed by atoms with E-state index in [0.717, 1.165) is 38.0 Å². The predicted molar refractivity (Wildman–Crippen MR) is 83.2 cm³/mol. The highest BCUT2D eigenvalue weighted by atomic mass is 19.1. The minimum Gasteiger partial charge on any atom is -0.388 e. The van der Waals surface area contributed by atoms with E-state index >= 15 is 0 Å². The number of ether oxygens (including phenoxy) is 2. The number of likely N-dealkylation sites (tertiary alicyclic amines) is 1. The van der Waals surface area contributed by atoms with Crippen LogP contribution in [0.2, 0.25) is 0 Å². The van der Waals surface area contributed by atoms with Crippen molar-refractivity contribution in [1.29, 1.82) is 0 Å². The number of benzene rings is 1. The first-order valence-corrected chi connectivity index (χ1v) is 7.93. The fraction of sp³-hybridized carbons (Fsp3) is 0.647. The summed E-state index contributed by atoms with van der Waals surface area (Å²) in [6.07, 6.45) is 1.41. The van der Waals surface area contributed by atoms with Crippen LogP contribution in [-0.4, -0.2) is 56.6 Å². The molecule has 0 bridgehead atoms. The number of nitrogens with zero attached hydrogens (tertiary/aromatic N) is 1. The van der Waals surface area contributed by atoms with Crippen LogP contribution < -0.4 is 0 Å². The van der Waals surface area contributed by atoms with E-state index in [1.165, 1.54) is 12.1 Å². The maximum atomic E-state index is 12.9. The fourth-order valence-corrected chi connectivity index (χ4v) is 2.86. The molecule has 4 nitrogen and oxygen atoms in total. The third kappa shape index (κ3) is 5.32. The van der Waals surface area contributed by atoms with Gasteiger partial charge in [0.05, 0.1) is 25.9 Å². The van der Waals surface area contributed by atoms with Crippen LogP contribution in [0.5, 0.6) is 0 Å². The van der Waals surface area contributed by atoms with E-state index in [1.807, 2.05) is 0 Å². The van der Waals surface area contributed by atoms with Crippen molar-refractivity contribution >= 4 is 0 Å². The molecule has 2 rings (SSSR count). The average Bonchev–Trinajstić information content (AvgIpc) is 2.55. The summed E-state index contributed by atoms with van der Waals surface area (Å²) in [5, 5.41) is 10.4. The Bertz CT molecular complexity index is 418. The molecule has 1 atom stereocenters. The quantitative estimate of drug-likeness (QED) is 0.748. The molecule has 0 spiro atoms. The number of piperidine rings is 1. The van der Waals surface area contributed by atoms with Crippen molar-refractivity contribution in [2.24, 2.45) is 5.92 Å². The SMILES string of the molecule is COCCOCCN1CCC(C(O)c2ccc(F)cc2)CC1. The van der Waals surface area contributed by atoms with Crippen molar-refractivity contribution in [3.05, 3.63) is 35.6 Å². The van der Waals surface area contributed by atoms with E-state index in [9.17, 15) is 9.50 Å². The lowest BCUT2D eigenvalue weighted by Gasteiger charge is -2.34. The highest BCUT2D eigenvalue weighted by molar-refractivity contribution is 5.19. The van der Waals surface area contributed by atoms with Crippen LogP contribution in [0.3, 0.4) is 0 Å². The Morgan fingerprint density at radius 3 is 2.50 bits per heavy atom. The second-order valence-electron chi connectivity index (χ2n) is 5.78. The minimum atomic E-state index is -0.499. The normalized spacial score (nSPS) is 18.5. The van der Waals surface area contributed by atoms with E-state index in [1.54, 1.807) is 19.2 Å². The highest BCUT2D eigenvalue weighted by Crippen LogP contribution is 2.30. The van der Waals surface area contributed by atoms with Gasteiger partial charge in [0.15, 0.2) is 0 Å². The number of methoxy groups -OCH3 is 1. The number of rotatable bonds is 8. The van der Waals surface area contributed by atoms with Crippen molar-refractivity contribution in [3.8, 4) is 0 Å². The van der Waals surface area contributed by atoms with Gasteiger partial charge in [-0.3, -0.25) is 0 Å². The predicted octanol–water partition coefficient (Wildman–Crippen LogP) is 2.23. The second-order valence-corrected chi connectivity index (χ2v) is 5.78. The molecule has 124 valence electrons. The van der Waals surface area contributed by atoms with E-state index in [0.29, 0.717) is 19.8 Å². The first kappa shape index (κ1) is 17.3. The van der Waals surface area contributed by atoms with Crippen molar-refractivity contribution in [3.63, 3.8) is 0 Å². The van der Waals surface area contributed by atoms with Gasteiger partial charge in [0.25, 0.3) is 0 Å². The summed E-state index contributed by atoms with van der Waals surface area (Å²) in [7, 11) is 1.67. The van der Waals surface area contributed by atoms with Crippen LogP contribution in [0.4, 0.5) is 4.39 Å². The largest absolute Gasteiger partial charge is 0.388 e. The maximum Gasteiger partial charge on any atom is 0.123 e. The van der Waals surface area contributed by atoms with Gasteiger partial charge in [-0.1, -0.05) is 12.1 Å². The van der Waals surface area contributed by atoms with E-state index in [2.05, 4.69) is 4.90 Å². The summed E-state index contributed by atoms with van der Waals surface area (Å²) >= 11 is 0. The molecule has 0 aliphatic carbocycles. The molecule has 1 aliphatic rings. The molecule has 22 heavy (non-hydrogen) atoms. The molecular formula is C17H26FNO3. The number of aliphatic hydroxyl groups excluding tert-OH is 1. The molecule has 0 aromatic heterocycles. The van der Waals surface area contributed by atoms with Crippen LogP contribution in [0.15, 0.2) is 24.3 Å². The molecule has 5 heteroatoms. The van der Waals surface area contributed by atoms with Gasteiger partial charge in [0.1, 0.15) is 5.82 Å². The smallest absolute Gasteiger partial charge is 0.123 e. The van der Waals surface area contributed by atoms with E-state index in [4.69, 9.17) is 9.47 Å². The van der Waals surface area contributed by atoms with Crippen LogP contribution in [0, 0.1) is 11.7 Å². The molecular weight excluding hydrogens is 285 g/mol. The summed E-state index contributed by atoms with van der Waals surface area (Å²) in [6, 6.07) is 6.17. The Hall–Kier alpha value is -1.01. The van der Waals surface area contributed by atoms with Gasteiger partial charge in [-0.05, 0) is 49.5 Å². The van der Waals surface area contributed by atoms with Crippen LogP contribution in [0.1, 0.15) is 24.5 Å². The zero-order chi connectivity index (χ0) is 15.8. The molecule has 1 aliphatic heterocycles. The third-order valence-corrected chi connectivity index (χ3v) is 4.27. The molecule has 0 radical (unpaired) electrons. The van der Waals surface area contributed by atoms with Crippen molar-refractivity contribution < 1.29 is 19.0 Å². The average molecular weight is 311 g/mol. The van der Waals surface area contributed by atoms with Gasteiger partial charge in [-0.15, -0.1) is 0 Å². The maximum absolute atomic E-state index is 12.9. The van der Waals surface area contributed by atoms with Gasteiger partial charge in [0, 0.05) is 13.7 Å². The Morgan fingerprint density at radius 1 is 1.18 bits per heavy atom. The summed E-state index contributed by atoms with van der Waals surface area (Å²) in [5.74, 6) is -0.0182. The molecule has 1 saturated heterocycles. The molecule has 1 aromatic carbocycles. The lowest BCUT2D eigenvalue weighted by Crippen LogP contribution is -2.37. The zero-order valence-corrected chi connectivity index (χ0v) is 13.2. The van der Waals surface area contributed by atoms with Crippen LogP contribution in [0.25, 0.3) is 0 Å². The van der Waals surface area contributed by atoms with Crippen molar-refractivity contribution in [2.75, 3.05) is 46.6 Å². The Balaban J connectivity index is 1.69. The van der Waals surface area contributed by atoms with Gasteiger partial charge in [-0.25, -0.2) is 4.39 Å². The molecule has 1 aromatic rings. The number of halogens is 1. The summed E-state index contributed by atoms with van der Waals surface area (Å²) in [4.78, 5) is 2.36. The number of hydrogen-bond donors (Lipinski definition) is 1. The molecule has 1 unspecified atom stereocenters. The number of aliphatic hydroxyl groups is 1. The summed E-state index contributed by atoms with van der Waals surface area (Å²) in [5.41, 5.74) is 0.808. The van der Waals surface area contributed by atoms with Crippen LogP contribution in [-0.2, 0) is 9.47 Å². The fourth-order valence-electron chi connectivity index (χ4n) is 2.86. The molecule has 0 amide bonds. The molecule has 1 fully saturated rings. The third-order valence-electron chi connectivity index (χ3n) is 4.27. The standard InChI is InChI=1S/C17H26FNO3/c1-21-12-13-22-11-10-19-8-6-15(7-9-19)17(20)14-2-4-16(18)5-3-14/h2-5,15,17,20H,6-13H2,1H3. The van der Waals surface area contributed by atoms with E-state index in [-0.39, 0.29) is 11.7 Å². The lowest BCUT2D eigenvalue weighted by molar-refractivity contribution is 0.0326. The Kier molecular flexibility index (Phi) is 7.25. The molecule has 1 N–H and O–H groups in total. The lowest BCUT2D eigenvalue weighted by atomic mass is 9.87. The minimum absolute atomic E-state index is 0.246. The first-order chi connectivity index (χ1) is 10.7. The van der Waals surface area contributed by atoms with Crippen molar-refractivity contribution in [1.82, 2.24) is 4.90 Å². The summed E-state index contributed by atoms with van der Waals surface area (Å²) in [6.45, 7) is 4.84. The molecule has 1 heterocycles. The monoisotopic (exact) mass is 311 g/mol. The Labute approximate surface area is 131 Å². The first-order valence-electron chi connectivity index (χ1n) is 7.93. The molecule has 0 saturated carbocycles. The van der Waals surface area contributed by atoms with E-state index < -0.39 is 6.10 Å². The van der Waals surface area contributed by atoms with Crippen molar-refractivity contribution in [2.45, 2.75) is 18.9 Å². The van der Waals surface area contributed by atoms with Crippen LogP contribution >= 0.6 is 0 Å². The topological polar surface area (TPSA) is 41.9 Å². The highest BCUT2D eigenvalue weighted by Gasteiger charge is 2.26.